The van der Waals surface area contributed by atoms with Crippen LogP contribution in [0.4, 0.5) is 11.4 Å². The lowest BCUT2D eigenvalue weighted by Crippen LogP contribution is -2.18. The molecule has 0 amide bonds. The standard InChI is InChI=1S/C20H19N5O2S/c1-11(2)27-15-9-12(5-6-13(15)21)25-10-23-17-16-14(24(3)4)7-8-22-19(16)28-18(17)20(25)26/h5-10H,1,21H2,2-4H3. The van der Waals surface area contributed by atoms with E-state index in [1.807, 2.05) is 25.1 Å². The molecule has 4 aromatic rings. The molecule has 1 aromatic carbocycles. The molecule has 8 heteroatoms. The van der Waals surface area contributed by atoms with Gasteiger partial charge in [0.1, 0.15) is 15.9 Å². The van der Waals surface area contributed by atoms with Crippen molar-refractivity contribution in [1.29, 1.82) is 0 Å². The van der Waals surface area contributed by atoms with Crippen LogP contribution in [0.25, 0.3) is 26.1 Å². The van der Waals surface area contributed by atoms with E-state index in [4.69, 9.17) is 10.5 Å². The summed E-state index contributed by atoms with van der Waals surface area (Å²) in [6.45, 7) is 5.47. The molecule has 0 fully saturated rings. The number of thiophene rings is 1. The highest BCUT2D eigenvalue weighted by Gasteiger charge is 2.17. The maximum atomic E-state index is 13.2. The van der Waals surface area contributed by atoms with Gasteiger partial charge in [-0.2, -0.15) is 0 Å². The summed E-state index contributed by atoms with van der Waals surface area (Å²) < 4.78 is 7.59. The molecular formula is C20H19N5O2S. The van der Waals surface area contributed by atoms with Crippen molar-refractivity contribution in [2.24, 2.45) is 0 Å². The molecule has 142 valence electrons. The summed E-state index contributed by atoms with van der Waals surface area (Å²) in [5.41, 5.74) is 8.52. The number of ether oxygens (including phenoxy) is 1. The van der Waals surface area contributed by atoms with Crippen LogP contribution in [0, 0.1) is 0 Å². The van der Waals surface area contributed by atoms with Crippen LogP contribution in [0.5, 0.6) is 5.75 Å². The van der Waals surface area contributed by atoms with Crippen LogP contribution in [-0.4, -0.2) is 28.6 Å². The summed E-state index contributed by atoms with van der Waals surface area (Å²) >= 11 is 1.34. The maximum Gasteiger partial charge on any atom is 0.275 e. The highest BCUT2D eigenvalue weighted by Crippen LogP contribution is 2.35. The Morgan fingerprint density at radius 2 is 2.07 bits per heavy atom. The van der Waals surface area contributed by atoms with Gasteiger partial charge < -0.3 is 15.4 Å². The van der Waals surface area contributed by atoms with E-state index in [2.05, 4.69) is 16.5 Å². The summed E-state index contributed by atoms with van der Waals surface area (Å²) in [5, 5.41) is 0.889. The average molecular weight is 393 g/mol. The number of pyridine rings is 1. The number of hydrogen-bond donors (Lipinski definition) is 1. The number of hydrogen-bond acceptors (Lipinski definition) is 7. The topological polar surface area (TPSA) is 86.3 Å². The Kier molecular flexibility index (Phi) is 4.27. The molecule has 0 saturated carbocycles. The van der Waals surface area contributed by atoms with Crippen LogP contribution in [-0.2, 0) is 0 Å². The number of allylic oxidation sites excluding steroid dienone is 1. The molecule has 3 heterocycles. The summed E-state index contributed by atoms with van der Waals surface area (Å²) in [7, 11) is 3.91. The Balaban J connectivity index is 1.95. The van der Waals surface area contributed by atoms with Gasteiger partial charge in [-0.3, -0.25) is 9.36 Å². The highest BCUT2D eigenvalue weighted by atomic mass is 32.1. The molecule has 0 aliphatic carbocycles. The smallest absolute Gasteiger partial charge is 0.275 e. The molecule has 0 radical (unpaired) electrons. The van der Waals surface area contributed by atoms with Gasteiger partial charge in [0.25, 0.3) is 5.56 Å². The summed E-state index contributed by atoms with van der Waals surface area (Å²) in [6, 6.07) is 7.08. The van der Waals surface area contributed by atoms with Crippen molar-refractivity contribution in [3.8, 4) is 11.4 Å². The van der Waals surface area contributed by atoms with Gasteiger partial charge in [0.05, 0.1) is 33.7 Å². The van der Waals surface area contributed by atoms with Crippen LogP contribution in [0.2, 0.25) is 0 Å². The lowest BCUT2D eigenvalue weighted by Gasteiger charge is -2.13. The van der Waals surface area contributed by atoms with Crippen LogP contribution in [0.1, 0.15) is 6.92 Å². The van der Waals surface area contributed by atoms with Gasteiger partial charge in [-0.05, 0) is 25.1 Å². The minimum absolute atomic E-state index is 0.163. The molecule has 0 unspecified atom stereocenters. The van der Waals surface area contributed by atoms with Crippen LogP contribution in [0.15, 0.2) is 53.9 Å². The Morgan fingerprint density at radius 3 is 2.79 bits per heavy atom. The SMILES string of the molecule is C=C(C)Oc1cc(-n2cnc3c(sc4nccc(N(C)C)c43)c2=O)ccc1N. The predicted molar refractivity (Wildman–Crippen MR) is 115 cm³/mol. The van der Waals surface area contributed by atoms with E-state index in [1.165, 1.54) is 22.2 Å². The normalized spacial score (nSPS) is 11.1. The second-order valence-corrected chi connectivity index (χ2v) is 7.63. The highest BCUT2D eigenvalue weighted by molar-refractivity contribution is 7.25. The number of benzene rings is 1. The third kappa shape index (κ3) is 2.87. The van der Waals surface area contributed by atoms with Gasteiger partial charge in [0, 0.05) is 26.4 Å². The first-order valence-electron chi connectivity index (χ1n) is 8.56. The van der Waals surface area contributed by atoms with Gasteiger partial charge in [-0.1, -0.05) is 6.58 Å². The molecule has 0 spiro atoms. The number of nitrogens with zero attached hydrogens (tertiary/aromatic N) is 4. The maximum absolute atomic E-state index is 13.2. The average Bonchev–Trinajstić information content (AvgIpc) is 3.03. The van der Waals surface area contributed by atoms with E-state index in [-0.39, 0.29) is 5.56 Å². The van der Waals surface area contributed by atoms with E-state index < -0.39 is 0 Å². The summed E-state index contributed by atoms with van der Waals surface area (Å²) in [6.07, 6.45) is 3.27. The van der Waals surface area contributed by atoms with E-state index >= 15 is 0 Å². The van der Waals surface area contributed by atoms with Crippen molar-refractivity contribution in [1.82, 2.24) is 14.5 Å². The molecule has 0 saturated heterocycles. The van der Waals surface area contributed by atoms with Gasteiger partial charge in [-0.25, -0.2) is 9.97 Å². The second-order valence-electron chi connectivity index (χ2n) is 6.63. The fourth-order valence-electron chi connectivity index (χ4n) is 3.04. The number of fused-ring (bicyclic) bond motifs is 3. The number of aromatic nitrogens is 3. The number of nitrogens with two attached hydrogens (primary N) is 1. The van der Waals surface area contributed by atoms with E-state index in [0.717, 1.165) is 15.9 Å². The first-order valence-corrected chi connectivity index (χ1v) is 9.38. The van der Waals surface area contributed by atoms with E-state index in [0.29, 0.717) is 33.1 Å². The summed E-state index contributed by atoms with van der Waals surface area (Å²) in [5.74, 6) is 0.960. The first-order chi connectivity index (χ1) is 13.4. The minimum atomic E-state index is -0.163. The molecule has 7 nitrogen and oxygen atoms in total. The number of anilines is 2. The molecule has 2 N–H and O–H groups in total. The monoisotopic (exact) mass is 393 g/mol. The quantitative estimate of drug-likeness (QED) is 0.421. The number of nitrogen functional groups attached to an aromatic ring is 1. The Morgan fingerprint density at radius 1 is 1.29 bits per heavy atom. The Labute approximate surface area is 165 Å². The third-order valence-electron chi connectivity index (χ3n) is 4.30. The zero-order valence-corrected chi connectivity index (χ0v) is 16.6. The van der Waals surface area contributed by atoms with Crippen molar-refractivity contribution in [2.45, 2.75) is 6.92 Å². The van der Waals surface area contributed by atoms with Crippen molar-refractivity contribution in [2.75, 3.05) is 24.7 Å². The lowest BCUT2D eigenvalue weighted by atomic mass is 10.2. The van der Waals surface area contributed by atoms with Gasteiger partial charge in [0.2, 0.25) is 0 Å². The van der Waals surface area contributed by atoms with Crippen molar-refractivity contribution in [3.63, 3.8) is 0 Å². The molecule has 0 aliphatic heterocycles. The van der Waals surface area contributed by atoms with Crippen LogP contribution < -0.4 is 20.9 Å². The Bertz CT molecular complexity index is 1290. The van der Waals surface area contributed by atoms with E-state index in [9.17, 15) is 4.79 Å². The molecule has 0 aliphatic rings. The van der Waals surface area contributed by atoms with Crippen molar-refractivity contribution in [3.05, 3.63) is 59.5 Å². The number of rotatable bonds is 4. The zero-order valence-electron chi connectivity index (χ0n) is 15.8. The van der Waals surface area contributed by atoms with Crippen LogP contribution >= 0.6 is 11.3 Å². The minimum Gasteiger partial charge on any atom is -0.460 e. The second kappa shape index (κ2) is 6.65. The van der Waals surface area contributed by atoms with Gasteiger partial charge in [-0.15, -0.1) is 11.3 Å². The molecule has 0 bridgehead atoms. The Hall–Kier alpha value is -3.39. The largest absolute Gasteiger partial charge is 0.460 e. The fourth-order valence-corrected chi connectivity index (χ4v) is 4.09. The van der Waals surface area contributed by atoms with Crippen molar-refractivity contribution >= 4 is 43.1 Å². The molecule has 3 aromatic heterocycles. The molecule has 28 heavy (non-hydrogen) atoms. The molecule has 0 atom stereocenters. The van der Waals surface area contributed by atoms with Gasteiger partial charge in [0.15, 0.2) is 5.75 Å². The van der Waals surface area contributed by atoms with Crippen LogP contribution in [0.3, 0.4) is 0 Å². The fraction of sp³-hybridized carbons (Fsp3) is 0.150. The lowest BCUT2D eigenvalue weighted by molar-refractivity contribution is 0.432. The van der Waals surface area contributed by atoms with Crippen molar-refractivity contribution < 1.29 is 4.74 Å². The zero-order chi connectivity index (χ0) is 20.0. The van der Waals surface area contributed by atoms with Gasteiger partial charge >= 0.3 is 0 Å². The summed E-state index contributed by atoms with van der Waals surface area (Å²) in [4.78, 5) is 25.0. The molecule has 4 rings (SSSR count). The predicted octanol–water partition coefficient (Wildman–Crippen LogP) is 3.56. The third-order valence-corrected chi connectivity index (χ3v) is 5.38. The first kappa shape index (κ1) is 18.0. The van der Waals surface area contributed by atoms with E-state index in [1.54, 1.807) is 31.3 Å². The molecular weight excluding hydrogens is 374 g/mol.